The SMILES string of the molecule is CC#CCC(C)(C)[C@@H](C#C[C@@H]1[C@H]2C/C(=C\CO)C[C@H]2C[C@H]1OC1CCCCO1)OC1CCCCO1. The van der Waals surface area contributed by atoms with Gasteiger partial charge in [-0.25, -0.2) is 0 Å². The van der Waals surface area contributed by atoms with E-state index >= 15 is 0 Å². The van der Waals surface area contributed by atoms with Crippen LogP contribution in [0, 0.1) is 46.9 Å². The number of hydrogen-bond donors (Lipinski definition) is 1. The summed E-state index contributed by atoms with van der Waals surface area (Å²) in [6.45, 7) is 7.92. The summed E-state index contributed by atoms with van der Waals surface area (Å²) in [4.78, 5) is 0. The third kappa shape index (κ3) is 7.12. The van der Waals surface area contributed by atoms with Gasteiger partial charge in [0, 0.05) is 25.0 Å². The van der Waals surface area contributed by atoms with Crippen LogP contribution in [0.25, 0.3) is 0 Å². The minimum Gasteiger partial charge on any atom is -0.392 e. The summed E-state index contributed by atoms with van der Waals surface area (Å²) in [5.41, 5.74) is 1.15. The molecule has 0 bridgehead atoms. The predicted molar refractivity (Wildman–Crippen MR) is 136 cm³/mol. The van der Waals surface area contributed by atoms with Gasteiger partial charge >= 0.3 is 0 Å². The van der Waals surface area contributed by atoms with Crippen molar-refractivity contribution in [3.05, 3.63) is 11.6 Å². The summed E-state index contributed by atoms with van der Waals surface area (Å²) < 4.78 is 24.9. The molecule has 194 valence electrons. The number of fused-ring (bicyclic) bond motifs is 1. The Morgan fingerprint density at radius 1 is 1.09 bits per heavy atom. The molecular formula is C30H44O5. The second-order valence-corrected chi connectivity index (χ2v) is 11.3. The number of aliphatic hydroxyl groups excluding tert-OH is 1. The molecule has 4 rings (SSSR count). The molecule has 5 nitrogen and oxygen atoms in total. The van der Waals surface area contributed by atoms with Crippen LogP contribution in [0.1, 0.15) is 85.0 Å². The van der Waals surface area contributed by atoms with Gasteiger partial charge in [-0.1, -0.05) is 37.3 Å². The smallest absolute Gasteiger partial charge is 0.159 e. The van der Waals surface area contributed by atoms with Gasteiger partial charge in [0.05, 0.1) is 18.6 Å². The quantitative estimate of drug-likeness (QED) is 0.397. The third-order valence-corrected chi connectivity index (χ3v) is 8.11. The second kappa shape index (κ2) is 12.8. The Labute approximate surface area is 212 Å². The van der Waals surface area contributed by atoms with E-state index in [0.29, 0.717) is 11.8 Å². The van der Waals surface area contributed by atoms with Gasteiger partial charge in [-0.2, -0.15) is 0 Å². The van der Waals surface area contributed by atoms with Gasteiger partial charge < -0.3 is 24.1 Å². The molecule has 2 unspecified atom stereocenters. The van der Waals surface area contributed by atoms with E-state index in [4.69, 9.17) is 18.9 Å². The highest BCUT2D eigenvalue weighted by Crippen LogP contribution is 2.51. The maximum Gasteiger partial charge on any atom is 0.159 e. The Morgan fingerprint density at radius 3 is 2.49 bits per heavy atom. The van der Waals surface area contributed by atoms with E-state index in [9.17, 15) is 5.11 Å². The van der Waals surface area contributed by atoms with E-state index in [-0.39, 0.29) is 42.7 Å². The van der Waals surface area contributed by atoms with Crippen LogP contribution in [0.4, 0.5) is 0 Å². The lowest BCUT2D eigenvalue weighted by atomic mass is 9.82. The molecule has 0 spiro atoms. The van der Waals surface area contributed by atoms with Crippen molar-refractivity contribution in [2.45, 2.75) is 110 Å². The van der Waals surface area contributed by atoms with Crippen molar-refractivity contribution in [3.63, 3.8) is 0 Å². The topological polar surface area (TPSA) is 57.2 Å². The Morgan fingerprint density at radius 2 is 1.83 bits per heavy atom. The van der Waals surface area contributed by atoms with Crippen LogP contribution in [0.3, 0.4) is 0 Å². The summed E-state index contributed by atoms with van der Waals surface area (Å²) in [6, 6.07) is 0. The van der Waals surface area contributed by atoms with Gasteiger partial charge in [-0.15, -0.1) is 11.8 Å². The van der Waals surface area contributed by atoms with Crippen molar-refractivity contribution in [3.8, 4) is 23.7 Å². The minimum absolute atomic E-state index is 0.0846. The summed E-state index contributed by atoms with van der Waals surface area (Å²) in [5, 5.41) is 9.43. The van der Waals surface area contributed by atoms with Gasteiger partial charge in [0.2, 0.25) is 0 Å². The first kappa shape index (κ1) is 26.7. The van der Waals surface area contributed by atoms with Crippen molar-refractivity contribution in [1.29, 1.82) is 0 Å². The first-order chi connectivity index (χ1) is 17.0. The molecule has 0 amide bonds. The zero-order valence-corrected chi connectivity index (χ0v) is 21.9. The molecule has 4 fully saturated rings. The highest BCUT2D eigenvalue weighted by atomic mass is 16.7. The second-order valence-electron chi connectivity index (χ2n) is 11.3. The van der Waals surface area contributed by atoms with Crippen molar-refractivity contribution >= 4 is 0 Å². The normalized spacial score (nSPS) is 35.0. The maximum atomic E-state index is 9.43. The zero-order valence-electron chi connectivity index (χ0n) is 21.9. The van der Waals surface area contributed by atoms with Crippen LogP contribution in [0.2, 0.25) is 0 Å². The van der Waals surface area contributed by atoms with E-state index in [1.165, 1.54) is 5.57 Å². The van der Waals surface area contributed by atoms with Crippen LogP contribution in [-0.4, -0.2) is 49.7 Å². The summed E-state index contributed by atoms with van der Waals surface area (Å²) >= 11 is 0. The molecule has 5 heteroatoms. The number of aliphatic hydroxyl groups is 1. The number of ether oxygens (including phenoxy) is 4. The Balaban J connectivity index is 1.55. The van der Waals surface area contributed by atoms with Gasteiger partial charge in [0.1, 0.15) is 6.10 Å². The molecule has 2 aliphatic heterocycles. The maximum absolute atomic E-state index is 9.43. The molecule has 0 aromatic rings. The van der Waals surface area contributed by atoms with Crippen molar-refractivity contribution in [2.75, 3.05) is 19.8 Å². The molecule has 0 aromatic heterocycles. The lowest BCUT2D eigenvalue weighted by Crippen LogP contribution is -2.37. The Hall–Kier alpha value is -1.34. The number of allylic oxidation sites excluding steroid dienone is 1. The summed E-state index contributed by atoms with van der Waals surface area (Å²) in [6.07, 6.45) is 11.7. The minimum atomic E-state index is -0.258. The fraction of sp³-hybridized carbons (Fsp3) is 0.800. The summed E-state index contributed by atoms with van der Waals surface area (Å²) in [7, 11) is 0. The first-order valence-corrected chi connectivity index (χ1v) is 13.7. The van der Waals surface area contributed by atoms with Crippen LogP contribution < -0.4 is 0 Å². The van der Waals surface area contributed by atoms with Crippen molar-refractivity contribution in [2.24, 2.45) is 23.2 Å². The van der Waals surface area contributed by atoms with E-state index in [1.54, 1.807) is 0 Å². The van der Waals surface area contributed by atoms with Gasteiger partial charge in [-0.05, 0) is 76.5 Å². The van der Waals surface area contributed by atoms with Crippen molar-refractivity contribution in [1.82, 2.24) is 0 Å². The van der Waals surface area contributed by atoms with E-state index < -0.39 is 0 Å². The molecule has 1 N–H and O–H groups in total. The molecule has 2 aliphatic carbocycles. The van der Waals surface area contributed by atoms with Crippen molar-refractivity contribution < 1.29 is 24.1 Å². The van der Waals surface area contributed by atoms with Crippen LogP contribution in [-0.2, 0) is 18.9 Å². The molecule has 7 atom stereocenters. The molecule has 0 radical (unpaired) electrons. The standard InChI is InChI=1S/C30H44O5/c1-4-5-15-30(2,3)27(35-29-11-7-9-18-33-29)13-12-24-25-20-22(14-16-31)19-23(25)21-26(24)34-28-10-6-8-17-32-28/h14,23-29,31H,6-11,15-21H2,1-3H3/b22-14-/t23-,24+,25-,26+,27+,28?,29?/m0/s1. The van der Waals surface area contributed by atoms with Gasteiger partial charge in [-0.3, -0.25) is 0 Å². The number of hydrogen-bond acceptors (Lipinski definition) is 5. The number of rotatable bonds is 7. The fourth-order valence-corrected chi connectivity index (χ4v) is 6.05. The Bertz CT molecular complexity index is 828. The fourth-order valence-electron chi connectivity index (χ4n) is 6.05. The van der Waals surface area contributed by atoms with Crippen LogP contribution in [0.15, 0.2) is 11.6 Å². The molecule has 0 aromatic carbocycles. The molecule has 4 aliphatic rings. The van der Waals surface area contributed by atoms with Gasteiger partial charge in [0.15, 0.2) is 12.6 Å². The lowest BCUT2D eigenvalue weighted by Gasteiger charge is -2.34. The molecular weight excluding hydrogens is 440 g/mol. The molecule has 2 saturated heterocycles. The Kier molecular flexibility index (Phi) is 9.74. The predicted octanol–water partition coefficient (Wildman–Crippen LogP) is 5.22. The molecule has 2 heterocycles. The van der Waals surface area contributed by atoms with Crippen LogP contribution >= 0.6 is 0 Å². The third-order valence-electron chi connectivity index (χ3n) is 8.11. The van der Waals surface area contributed by atoms with E-state index in [1.807, 2.05) is 13.0 Å². The summed E-state index contributed by atoms with van der Waals surface area (Å²) in [5.74, 6) is 14.7. The average Bonchev–Trinajstić information content (AvgIpc) is 3.39. The largest absolute Gasteiger partial charge is 0.392 e. The first-order valence-electron chi connectivity index (χ1n) is 13.7. The molecule has 2 saturated carbocycles. The van der Waals surface area contributed by atoms with Crippen LogP contribution in [0.5, 0.6) is 0 Å². The average molecular weight is 485 g/mol. The highest BCUT2D eigenvalue weighted by Gasteiger charge is 2.48. The molecule has 35 heavy (non-hydrogen) atoms. The monoisotopic (exact) mass is 484 g/mol. The zero-order chi connectivity index (χ0) is 24.7. The van der Waals surface area contributed by atoms with E-state index in [0.717, 1.165) is 77.4 Å². The highest BCUT2D eigenvalue weighted by molar-refractivity contribution is 5.23. The van der Waals surface area contributed by atoms with Gasteiger partial charge in [0.25, 0.3) is 0 Å². The van der Waals surface area contributed by atoms with E-state index in [2.05, 4.69) is 37.5 Å². The lowest BCUT2D eigenvalue weighted by molar-refractivity contribution is -0.194.